The third-order valence-corrected chi connectivity index (χ3v) is 7.39. The Bertz CT molecular complexity index is 1530. The van der Waals surface area contributed by atoms with Crippen LogP contribution in [0, 0.1) is 11.3 Å². The number of alkyl carbamates (subject to hydrolysis) is 1. The molecule has 13 heteroatoms. The zero-order chi connectivity index (χ0) is 29.9. The monoisotopic (exact) mass is 569 g/mol. The summed E-state index contributed by atoms with van der Waals surface area (Å²) >= 11 is 0. The first kappa shape index (κ1) is 29.5. The van der Waals surface area contributed by atoms with E-state index in [1.165, 1.54) is 29.9 Å². The number of fused-ring (bicyclic) bond motifs is 1. The van der Waals surface area contributed by atoms with Crippen LogP contribution in [-0.4, -0.2) is 64.4 Å². The molecule has 3 atom stereocenters. The van der Waals surface area contributed by atoms with Crippen LogP contribution in [0.2, 0.25) is 0 Å². The van der Waals surface area contributed by atoms with Crippen molar-refractivity contribution in [3.05, 3.63) is 76.4 Å². The van der Waals surface area contributed by atoms with Crippen LogP contribution in [0.1, 0.15) is 36.2 Å². The predicted molar refractivity (Wildman–Crippen MR) is 146 cm³/mol. The number of pyridine rings is 1. The number of ether oxygens (including phenoxy) is 1. The van der Waals surface area contributed by atoms with Gasteiger partial charge in [0.15, 0.2) is 5.82 Å². The summed E-state index contributed by atoms with van der Waals surface area (Å²) in [4.78, 5) is 37.6. The first-order valence-corrected chi connectivity index (χ1v) is 12.9. The molecule has 1 fully saturated rings. The van der Waals surface area contributed by atoms with Gasteiger partial charge in [0.25, 0.3) is 0 Å². The lowest BCUT2D eigenvalue weighted by molar-refractivity contribution is -0.137. The quantitative estimate of drug-likeness (QED) is 0.428. The Morgan fingerprint density at radius 2 is 1.95 bits per heavy atom. The molecule has 1 N–H and O–H groups in total. The Labute approximate surface area is 234 Å². The normalized spacial score (nSPS) is 18.5. The maximum atomic E-state index is 13.3. The number of rotatable bonds is 7. The number of anilines is 1. The molecular weight excluding hydrogens is 539 g/mol. The van der Waals surface area contributed by atoms with Gasteiger partial charge in [-0.1, -0.05) is 25.1 Å². The van der Waals surface area contributed by atoms with Crippen molar-refractivity contribution in [2.75, 3.05) is 31.6 Å². The molecule has 0 spiro atoms. The third kappa shape index (κ3) is 6.02. The Kier molecular flexibility index (Phi) is 8.63. The number of hydrogen-bond acceptors (Lipinski definition) is 8. The first-order valence-electron chi connectivity index (χ1n) is 12.9. The van der Waals surface area contributed by atoms with Gasteiger partial charge in [0.2, 0.25) is 0 Å². The minimum absolute atomic E-state index is 0.0819. The summed E-state index contributed by atoms with van der Waals surface area (Å²) < 4.78 is 45.8. The number of nitrogens with one attached hydrogen (secondary N) is 1. The molecule has 41 heavy (non-hydrogen) atoms. The van der Waals surface area contributed by atoms with Crippen molar-refractivity contribution in [1.82, 2.24) is 24.8 Å². The van der Waals surface area contributed by atoms with Gasteiger partial charge in [-0.3, -0.25) is 9.47 Å². The van der Waals surface area contributed by atoms with E-state index in [2.05, 4.69) is 26.8 Å². The van der Waals surface area contributed by atoms with E-state index >= 15 is 0 Å². The molecule has 2 aromatic heterocycles. The second kappa shape index (κ2) is 12.0. The fourth-order valence-electron chi connectivity index (χ4n) is 5.17. The summed E-state index contributed by atoms with van der Waals surface area (Å²) in [6, 6.07) is 9.04. The minimum Gasteiger partial charge on any atom is -0.453 e. The smallest absolute Gasteiger partial charge is 0.416 e. The number of aromatic nitrogens is 3. The van der Waals surface area contributed by atoms with Gasteiger partial charge in [0.1, 0.15) is 17.3 Å². The molecule has 10 nitrogen and oxygen atoms in total. The Morgan fingerprint density at radius 3 is 2.54 bits per heavy atom. The maximum Gasteiger partial charge on any atom is 0.416 e. The number of methoxy groups -OCH3 is 1. The third-order valence-electron chi connectivity index (χ3n) is 7.39. The Hall–Kier alpha value is -4.44. The van der Waals surface area contributed by atoms with Crippen LogP contribution in [0.25, 0.3) is 11.0 Å². The van der Waals surface area contributed by atoms with E-state index < -0.39 is 29.6 Å². The molecule has 216 valence electrons. The number of amides is 1. The first-order chi connectivity index (χ1) is 19.5. The van der Waals surface area contributed by atoms with Crippen molar-refractivity contribution in [2.24, 2.45) is 7.05 Å². The van der Waals surface area contributed by atoms with Crippen LogP contribution in [0.4, 0.5) is 23.8 Å². The van der Waals surface area contributed by atoms with Crippen molar-refractivity contribution in [3.63, 3.8) is 0 Å². The number of piperazine rings is 1. The van der Waals surface area contributed by atoms with Crippen molar-refractivity contribution in [2.45, 2.75) is 37.6 Å². The molecule has 1 aliphatic heterocycles. The molecule has 4 rings (SSSR count). The van der Waals surface area contributed by atoms with E-state index in [0.717, 1.165) is 12.1 Å². The van der Waals surface area contributed by atoms with Crippen molar-refractivity contribution < 1.29 is 22.7 Å². The highest BCUT2D eigenvalue weighted by atomic mass is 19.4. The summed E-state index contributed by atoms with van der Waals surface area (Å²) in [5.74, 6) is 0.321. The van der Waals surface area contributed by atoms with Crippen molar-refractivity contribution in [1.29, 1.82) is 5.26 Å². The highest BCUT2D eigenvalue weighted by Gasteiger charge is 2.38. The SMILES string of the molecule is C=C[C@H]1CN(C(CNC(=O)OC)c2ccc(C(F)(F)F)cc2)[C@H](CC)CN1c1nc(=O)n(C)c2ccc(C#N)nc12. The molecular formula is C28H30F3N7O3. The van der Waals surface area contributed by atoms with Gasteiger partial charge in [-0.25, -0.2) is 14.6 Å². The van der Waals surface area contributed by atoms with Crippen LogP contribution in [-0.2, 0) is 18.0 Å². The van der Waals surface area contributed by atoms with Crippen LogP contribution in [0.15, 0.2) is 53.8 Å². The van der Waals surface area contributed by atoms with E-state index in [-0.39, 0.29) is 24.3 Å². The minimum atomic E-state index is -4.48. The molecule has 0 aliphatic carbocycles. The van der Waals surface area contributed by atoms with E-state index in [9.17, 15) is 28.0 Å². The van der Waals surface area contributed by atoms with E-state index in [0.29, 0.717) is 41.9 Å². The maximum absolute atomic E-state index is 13.3. The zero-order valence-electron chi connectivity index (χ0n) is 22.9. The topological polar surface area (TPSA) is 116 Å². The average Bonchev–Trinajstić information content (AvgIpc) is 2.98. The van der Waals surface area contributed by atoms with E-state index in [1.807, 2.05) is 17.9 Å². The molecule has 1 unspecified atom stereocenters. The molecule has 3 aromatic rings. The zero-order valence-corrected chi connectivity index (χ0v) is 22.9. The van der Waals surface area contributed by atoms with Gasteiger partial charge >= 0.3 is 18.0 Å². The van der Waals surface area contributed by atoms with Gasteiger partial charge in [-0.05, 0) is 36.2 Å². The lowest BCUT2D eigenvalue weighted by Crippen LogP contribution is -2.60. The van der Waals surface area contributed by atoms with Crippen LogP contribution < -0.4 is 15.9 Å². The lowest BCUT2D eigenvalue weighted by Gasteiger charge is -2.49. The summed E-state index contributed by atoms with van der Waals surface area (Å²) in [6.07, 6.45) is -2.81. The second-order valence-electron chi connectivity index (χ2n) is 9.68. The second-order valence-corrected chi connectivity index (χ2v) is 9.68. The molecule has 0 bridgehead atoms. The van der Waals surface area contributed by atoms with Gasteiger partial charge in [0, 0.05) is 32.7 Å². The highest BCUT2D eigenvalue weighted by molar-refractivity contribution is 5.86. The number of aryl methyl sites for hydroxylation is 1. The fourth-order valence-corrected chi connectivity index (χ4v) is 5.17. The van der Waals surface area contributed by atoms with Crippen LogP contribution >= 0.6 is 0 Å². The molecule has 1 saturated heterocycles. The number of hydrogen-bond donors (Lipinski definition) is 1. The Morgan fingerprint density at radius 1 is 1.24 bits per heavy atom. The number of carbonyl (C=O) groups is 1. The van der Waals surface area contributed by atoms with Crippen LogP contribution in [0.3, 0.4) is 0 Å². The standard InChI is InChI=1S/C28H30F3N7O3/c1-5-20-16-38(25-24-22(36(3)26(39)35-25)12-11-19(13-32)34-24)21(6-2)15-37(20)23(14-33-27(40)41-4)17-7-9-18(10-8-17)28(29,30)31/h6-12,20-21,23H,2,5,14-16H2,1,3-4H3,(H,33,40)/t20-,21+,23?/m1/s1. The molecule has 0 saturated carbocycles. The van der Waals surface area contributed by atoms with Gasteiger partial charge < -0.3 is 15.0 Å². The number of carbonyl (C=O) groups excluding carboxylic acids is 1. The summed E-state index contributed by atoms with van der Waals surface area (Å²) in [7, 11) is 2.81. The van der Waals surface area contributed by atoms with Gasteiger partial charge in [0.05, 0.1) is 30.3 Å². The van der Waals surface area contributed by atoms with Gasteiger partial charge in [-0.15, -0.1) is 6.58 Å². The predicted octanol–water partition coefficient (Wildman–Crippen LogP) is 3.77. The highest BCUT2D eigenvalue weighted by Crippen LogP contribution is 2.35. The molecule has 1 amide bonds. The van der Waals surface area contributed by atoms with E-state index in [1.54, 1.807) is 19.2 Å². The van der Waals surface area contributed by atoms with Crippen molar-refractivity contribution >= 4 is 22.9 Å². The largest absolute Gasteiger partial charge is 0.453 e. The van der Waals surface area contributed by atoms with E-state index in [4.69, 9.17) is 4.74 Å². The summed E-state index contributed by atoms with van der Waals surface area (Å²) in [6.45, 7) is 6.77. The number of alkyl halides is 3. The number of nitriles is 1. The fraction of sp³-hybridized carbons (Fsp3) is 0.393. The van der Waals surface area contributed by atoms with Crippen LogP contribution in [0.5, 0.6) is 0 Å². The summed E-state index contributed by atoms with van der Waals surface area (Å²) in [5, 5.41) is 12.1. The molecule has 0 radical (unpaired) electrons. The average molecular weight is 570 g/mol. The molecule has 1 aromatic carbocycles. The lowest BCUT2D eigenvalue weighted by atomic mass is 9.96. The summed E-state index contributed by atoms with van der Waals surface area (Å²) in [5.41, 5.74) is 0.421. The molecule has 1 aliphatic rings. The molecule has 3 heterocycles. The van der Waals surface area contributed by atoms with Gasteiger partial charge in [-0.2, -0.15) is 23.4 Å². The number of nitrogens with zero attached hydrogens (tertiary/aromatic N) is 6. The van der Waals surface area contributed by atoms with Crippen molar-refractivity contribution in [3.8, 4) is 6.07 Å². The Balaban J connectivity index is 1.76. The number of halogens is 3. The number of benzene rings is 1.